The topological polar surface area (TPSA) is 69.7 Å². The number of carbonyl (C=O) groups is 3. The van der Waals surface area contributed by atoms with Crippen molar-refractivity contribution >= 4 is 40.7 Å². The molecule has 0 saturated carbocycles. The molecule has 1 N–H and O–H groups in total. The van der Waals surface area contributed by atoms with E-state index in [0.29, 0.717) is 22.9 Å². The molecule has 4 aliphatic rings. The molecule has 6 nitrogen and oxygen atoms in total. The van der Waals surface area contributed by atoms with Crippen molar-refractivity contribution in [3.8, 4) is 0 Å². The van der Waals surface area contributed by atoms with E-state index >= 15 is 0 Å². The van der Waals surface area contributed by atoms with Gasteiger partial charge in [-0.05, 0) is 75.0 Å². The molecule has 3 saturated heterocycles. The highest BCUT2D eigenvalue weighted by Crippen LogP contribution is 2.61. The van der Waals surface area contributed by atoms with Crippen LogP contribution in [0.4, 0.5) is 11.4 Å². The number of carbonyl (C=O) groups excluding carboxylic acids is 3. The molecule has 0 bridgehead atoms. The molecule has 3 amide bonds. The highest BCUT2D eigenvalue weighted by atomic mass is 35.5. The van der Waals surface area contributed by atoms with Gasteiger partial charge in [-0.3, -0.25) is 19.3 Å². The minimum absolute atomic E-state index is 0.135. The van der Waals surface area contributed by atoms with Crippen molar-refractivity contribution in [2.45, 2.75) is 45.2 Å². The van der Waals surface area contributed by atoms with Gasteiger partial charge in [-0.25, -0.2) is 4.90 Å². The number of aryl methyl sites for hydroxylation is 3. The van der Waals surface area contributed by atoms with E-state index in [-0.39, 0.29) is 23.8 Å². The fraction of sp³-hybridized carbons (Fsp3) is 0.400. The first kappa shape index (κ1) is 19.9. The Morgan fingerprint density at radius 1 is 1.03 bits per heavy atom. The molecule has 4 aliphatic heterocycles. The van der Waals surface area contributed by atoms with Crippen LogP contribution in [0.2, 0.25) is 5.02 Å². The summed E-state index contributed by atoms with van der Waals surface area (Å²) in [5.41, 5.74) is 3.72. The second-order valence-corrected chi connectivity index (χ2v) is 9.98. The summed E-state index contributed by atoms with van der Waals surface area (Å²) in [7, 11) is 0. The highest BCUT2D eigenvalue weighted by molar-refractivity contribution is 6.35. The van der Waals surface area contributed by atoms with Crippen LogP contribution in [0.15, 0.2) is 30.3 Å². The van der Waals surface area contributed by atoms with Crippen LogP contribution < -0.4 is 10.2 Å². The van der Waals surface area contributed by atoms with E-state index in [2.05, 4.69) is 10.2 Å². The van der Waals surface area contributed by atoms with Crippen LogP contribution in [0.5, 0.6) is 0 Å². The lowest BCUT2D eigenvalue weighted by Crippen LogP contribution is -2.54. The SMILES string of the molecule is Cc1cc(Cl)c2c(c1)[C@]1(C(=O)N2)[C@@H]2C(=O)N(c3ccc(C)c(C)c3)C(=O)[C@@H]2[C@@H]2CCCN21. The van der Waals surface area contributed by atoms with Crippen LogP contribution in [0, 0.1) is 32.6 Å². The number of rotatable bonds is 1. The number of hydrogen-bond donors (Lipinski definition) is 1. The van der Waals surface area contributed by atoms with E-state index in [9.17, 15) is 14.4 Å². The van der Waals surface area contributed by atoms with E-state index in [1.54, 1.807) is 0 Å². The van der Waals surface area contributed by atoms with Gasteiger partial charge in [0.25, 0.3) is 5.91 Å². The van der Waals surface area contributed by atoms with Gasteiger partial charge in [-0.1, -0.05) is 23.7 Å². The third-order valence-corrected chi connectivity index (χ3v) is 8.24. The van der Waals surface area contributed by atoms with Gasteiger partial charge in [-0.2, -0.15) is 0 Å². The summed E-state index contributed by atoms with van der Waals surface area (Å²) in [6.07, 6.45) is 1.69. The molecule has 0 unspecified atom stereocenters. The Morgan fingerprint density at radius 2 is 1.81 bits per heavy atom. The standard InChI is InChI=1S/C25H24ClN3O3/c1-12-9-16-21(17(26)10-12)27-24(32)25(16)20-19(18-5-4-8-28(18)25)22(30)29(23(20)31)15-7-6-13(2)14(3)11-15/h6-7,9-11,18-20H,4-5,8H2,1-3H3,(H,27,32)/t18-,19+,20-,25+/m0/s1. The van der Waals surface area contributed by atoms with Crippen LogP contribution in [0.3, 0.4) is 0 Å². The van der Waals surface area contributed by atoms with Crippen molar-refractivity contribution in [3.05, 3.63) is 57.6 Å². The summed E-state index contributed by atoms with van der Waals surface area (Å²) in [5, 5.41) is 3.43. The van der Waals surface area contributed by atoms with Gasteiger partial charge in [0.05, 0.1) is 28.2 Å². The second kappa shape index (κ2) is 6.42. The third-order valence-electron chi connectivity index (χ3n) is 7.95. The van der Waals surface area contributed by atoms with Crippen molar-refractivity contribution in [3.63, 3.8) is 0 Å². The fourth-order valence-corrected chi connectivity index (χ4v) is 6.84. The first-order chi connectivity index (χ1) is 15.3. The fourth-order valence-electron chi connectivity index (χ4n) is 6.51. The highest BCUT2D eigenvalue weighted by Gasteiger charge is 2.74. The molecular weight excluding hydrogens is 426 g/mol. The first-order valence-corrected chi connectivity index (χ1v) is 11.5. The molecule has 2 aromatic rings. The Hall–Kier alpha value is -2.70. The number of fused-ring (bicyclic) bond motifs is 7. The maximum absolute atomic E-state index is 14.0. The number of hydrogen-bond acceptors (Lipinski definition) is 4. The van der Waals surface area contributed by atoms with E-state index in [4.69, 9.17) is 11.6 Å². The normalized spacial score (nSPS) is 30.8. The molecule has 4 heterocycles. The molecule has 164 valence electrons. The zero-order valence-corrected chi connectivity index (χ0v) is 19.0. The van der Waals surface area contributed by atoms with Crippen molar-refractivity contribution in [1.29, 1.82) is 0 Å². The number of imide groups is 1. The zero-order valence-electron chi connectivity index (χ0n) is 18.2. The summed E-state index contributed by atoms with van der Waals surface area (Å²) in [6.45, 7) is 6.58. The van der Waals surface area contributed by atoms with Crippen LogP contribution in [-0.2, 0) is 19.9 Å². The van der Waals surface area contributed by atoms with Gasteiger partial charge in [0.15, 0.2) is 0 Å². The smallest absolute Gasteiger partial charge is 0.250 e. The van der Waals surface area contributed by atoms with Gasteiger partial charge in [0, 0.05) is 11.6 Å². The number of nitrogens with zero attached hydrogens (tertiary/aromatic N) is 2. The molecular formula is C25H24ClN3O3. The average Bonchev–Trinajstić information content (AvgIpc) is 3.44. The number of nitrogens with one attached hydrogen (secondary N) is 1. The summed E-state index contributed by atoms with van der Waals surface area (Å²) in [4.78, 5) is 44.9. The van der Waals surface area contributed by atoms with Gasteiger partial charge in [-0.15, -0.1) is 0 Å². The number of benzene rings is 2. The third kappa shape index (κ3) is 2.22. The number of halogens is 1. The van der Waals surface area contributed by atoms with Gasteiger partial charge in [0.2, 0.25) is 11.8 Å². The number of amides is 3. The molecule has 2 aromatic carbocycles. The average molecular weight is 450 g/mol. The minimum Gasteiger partial charge on any atom is -0.323 e. The number of anilines is 2. The van der Waals surface area contributed by atoms with Gasteiger partial charge >= 0.3 is 0 Å². The van der Waals surface area contributed by atoms with Crippen molar-refractivity contribution < 1.29 is 14.4 Å². The van der Waals surface area contributed by atoms with Crippen molar-refractivity contribution in [2.75, 3.05) is 16.8 Å². The molecule has 6 rings (SSSR count). The van der Waals surface area contributed by atoms with Crippen LogP contribution in [0.1, 0.15) is 35.1 Å². The van der Waals surface area contributed by atoms with Crippen LogP contribution >= 0.6 is 11.6 Å². The maximum Gasteiger partial charge on any atom is 0.250 e. The first-order valence-electron chi connectivity index (χ1n) is 11.1. The van der Waals surface area contributed by atoms with E-state index in [1.807, 2.05) is 51.1 Å². The molecule has 0 aromatic heterocycles. The van der Waals surface area contributed by atoms with E-state index in [1.165, 1.54) is 4.90 Å². The molecule has 0 radical (unpaired) electrons. The predicted molar refractivity (Wildman–Crippen MR) is 122 cm³/mol. The lowest BCUT2D eigenvalue weighted by Gasteiger charge is -2.36. The minimum atomic E-state index is -1.20. The maximum atomic E-state index is 14.0. The molecule has 0 aliphatic carbocycles. The Kier molecular flexibility index (Phi) is 4.00. The summed E-state index contributed by atoms with van der Waals surface area (Å²) < 4.78 is 0. The molecule has 4 atom stereocenters. The van der Waals surface area contributed by atoms with Crippen LogP contribution in [0.25, 0.3) is 0 Å². The molecule has 3 fully saturated rings. The lowest BCUT2D eigenvalue weighted by atomic mass is 9.75. The molecule has 32 heavy (non-hydrogen) atoms. The largest absolute Gasteiger partial charge is 0.323 e. The Labute approximate surface area is 191 Å². The summed E-state index contributed by atoms with van der Waals surface area (Å²) in [6, 6.07) is 9.27. The van der Waals surface area contributed by atoms with Crippen LogP contribution in [-0.4, -0.2) is 35.2 Å². The van der Waals surface area contributed by atoms with E-state index < -0.39 is 17.4 Å². The van der Waals surface area contributed by atoms with Gasteiger partial charge < -0.3 is 5.32 Å². The van der Waals surface area contributed by atoms with E-state index in [0.717, 1.165) is 35.1 Å². The zero-order chi connectivity index (χ0) is 22.5. The molecule has 7 heteroatoms. The Balaban J connectivity index is 1.57. The van der Waals surface area contributed by atoms with Gasteiger partial charge in [0.1, 0.15) is 5.54 Å². The summed E-state index contributed by atoms with van der Waals surface area (Å²) in [5.74, 6) is -2.04. The Morgan fingerprint density at radius 3 is 2.56 bits per heavy atom. The lowest BCUT2D eigenvalue weighted by molar-refractivity contribution is -0.135. The Bertz CT molecular complexity index is 1240. The summed E-state index contributed by atoms with van der Waals surface area (Å²) >= 11 is 6.51. The van der Waals surface area contributed by atoms with Crippen molar-refractivity contribution in [1.82, 2.24) is 4.90 Å². The predicted octanol–water partition coefficient (Wildman–Crippen LogP) is 3.70. The molecule has 1 spiro atoms. The second-order valence-electron chi connectivity index (χ2n) is 9.58. The quantitative estimate of drug-likeness (QED) is 0.674. The monoisotopic (exact) mass is 449 g/mol. The van der Waals surface area contributed by atoms with Crippen molar-refractivity contribution in [2.24, 2.45) is 11.8 Å².